The van der Waals surface area contributed by atoms with E-state index < -0.39 is 17.5 Å². The number of halogens is 3. The summed E-state index contributed by atoms with van der Waals surface area (Å²) in [7, 11) is 1.58. The van der Waals surface area contributed by atoms with Gasteiger partial charge in [0, 0.05) is 36.9 Å². The molecule has 0 radical (unpaired) electrons. The van der Waals surface area contributed by atoms with Crippen LogP contribution in [0.4, 0.5) is 13.2 Å². The first-order valence-corrected chi connectivity index (χ1v) is 13.0. The number of benzene rings is 1. The lowest BCUT2D eigenvalue weighted by atomic mass is 9.90. The van der Waals surface area contributed by atoms with Crippen LogP contribution in [0, 0.1) is 0 Å². The van der Waals surface area contributed by atoms with Crippen molar-refractivity contribution in [1.82, 2.24) is 10.2 Å². The molecule has 1 aliphatic carbocycles. The molecule has 200 valence electrons. The number of phenolic OH excluding ortho intramolecular Hbond substituents is 1. The van der Waals surface area contributed by atoms with Crippen LogP contribution >= 0.6 is 0 Å². The first kappa shape index (κ1) is 28.3. The van der Waals surface area contributed by atoms with Gasteiger partial charge in [0.05, 0.1) is 17.4 Å². The van der Waals surface area contributed by atoms with Crippen molar-refractivity contribution in [2.75, 3.05) is 20.1 Å². The predicted molar refractivity (Wildman–Crippen MR) is 138 cm³/mol. The molecule has 2 aliphatic rings. The third-order valence-electron chi connectivity index (χ3n) is 7.52. The highest BCUT2D eigenvalue weighted by Crippen LogP contribution is 2.33. The van der Waals surface area contributed by atoms with Crippen molar-refractivity contribution < 1.29 is 23.4 Å². The van der Waals surface area contributed by atoms with Crippen LogP contribution < -0.4 is 5.32 Å². The first-order valence-electron chi connectivity index (χ1n) is 13.0. The van der Waals surface area contributed by atoms with Crippen molar-refractivity contribution in [3.63, 3.8) is 0 Å². The Balaban J connectivity index is 1.78. The molecule has 0 aromatic heterocycles. The summed E-state index contributed by atoms with van der Waals surface area (Å²) in [6.45, 7) is 8.07. The van der Waals surface area contributed by atoms with Gasteiger partial charge in [0.15, 0.2) is 0 Å². The molecule has 5 nitrogen and oxygen atoms in total. The zero-order chi connectivity index (χ0) is 26.5. The molecule has 2 fully saturated rings. The van der Waals surface area contributed by atoms with Crippen LogP contribution in [0.1, 0.15) is 76.8 Å². The Morgan fingerprint density at radius 3 is 2.44 bits per heavy atom. The van der Waals surface area contributed by atoms with Crippen LogP contribution in [0.3, 0.4) is 0 Å². The second-order valence-corrected chi connectivity index (χ2v) is 10.1. The number of alkyl halides is 3. The van der Waals surface area contributed by atoms with Gasteiger partial charge in [0.25, 0.3) is 0 Å². The number of rotatable bonds is 7. The number of aliphatic imine (C=N–C) groups is 1. The molecule has 1 aromatic carbocycles. The van der Waals surface area contributed by atoms with Gasteiger partial charge in [-0.1, -0.05) is 12.5 Å². The lowest BCUT2D eigenvalue weighted by Gasteiger charge is -2.41. The van der Waals surface area contributed by atoms with E-state index in [4.69, 9.17) is 0 Å². The fourth-order valence-electron chi connectivity index (χ4n) is 5.28. The summed E-state index contributed by atoms with van der Waals surface area (Å²) in [5.41, 5.74) is 2.77. The predicted octanol–water partition coefficient (Wildman–Crippen LogP) is 5.82. The minimum Gasteiger partial charge on any atom is -0.507 e. The molecule has 1 unspecified atom stereocenters. The van der Waals surface area contributed by atoms with E-state index >= 15 is 0 Å². The summed E-state index contributed by atoms with van der Waals surface area (Å²) in [4.78, 5) is 6.86. The molecule has 1 saturated carbocycles. The fourth-order valence-corrected chi connectivity index (χ4v) is 5.28. The zero-order valence-electron chi connectivity index (χ0n) is 21.8. The lowest BCUT2D eigenvalue weighted by Crippen LogP contribution is -2.50. The van der Waals surface area contributed by atoms with Gasteiger partial charge >= 0.3 is 6.18 Å². The number of likely N-dealkylation sites (tertiary alicyclic amines) is 1. The van der Waals surface area contributed by atoms with Crippen molar-refractivity contribution in [3.8, 4) is 5.75 Å². The monoisotopic (exact) mass is 507 g/mol. The number of aliphatic hydroxyl groups excluding tert-OH is 1. The van der Waals surface area contributed by atoms with E-state index in [0.29, 0.717) is 11.8 Å². The fraction of sp³-hybridized carbons (Fsp3) is 0.607. The van der Waals surface area contributed by atoms with Crippen molar-refractivity contribution in [1.29, 1.82) is 0 Å². The largest absolute Gasteiger partial charge is 0.507 e. The molecule has 0 spiro atoms. The van der Waals surface area contributed by atoms with E-state index in [1.54, 1.807) is 7.05 Å². The lowest BCUT2D eigenvalue weighted by molar-refractivity contribution is -0.137. The van der Waals surface area contributed by atoms with Gasteiger partial charge in [0.1, 0.15) is 5.75 Å². The summed E-state index contributed by atoms with van der Waals surface area (Å²) < 4.78 is 39.1. The minimum absolute atomic E-state index is 0.159. The molecule has 3 rings (SSSR count). The molecule has 1 aromatic rings. The number of hydrogen-bond acceptors (Lipinski definition) is 5. The maximum absolute atomic E-state index is 13.0. The molecule has 1 heterocycles. The van der Waals surface area contributed by atoms with Crippen molar-refractivity contribution in [2.24, 2.45) is 4.99 Å². The molecule has 0 bridgehead atoms. The van der Waals surface area contributed by atoms with E-state index in [0.717, 1.165) is 81.4 Å². The Labute approximate surface area is 212 Å². The highest BCUT2D eigenvalue weighted by molar-refractivity contribution is 6.14. The molecule has 1 aliphatic heterocycles. The Morgan fingerprint density at radius 1 is 1.17 bits per heavy atom. The number of aromatic hydroxyl groups is 1. The van der Waals surface area contributed by atoms with E-state index in [1.165, 1.54) is 11.6 Å². The summed E-state index contributed by atoms with van der Waals surface area (Å²) in [5, 5.41) is 24.0. The van der Waals surface area contributed by atoms with Crippen LogP contribution in [-0.2, 0) is 6.18 Å². The van der Waals surface area contributed by atoms with Crippen molar-refractivity contribution in [3.05, 3.63) is 52.2 Å². The van der Waals surface area contributed by atoms with Gasteiger partial charge in [-0.25, -0.2) is 0 Å². The van der Waals surface area contributed by atoms with E-state index in [-0.39, 0.29) is 17.7 Å². The minimum atomic E-state index is -4.52. The summed E-state index contributed by atoms with van der Waals surface area (Å²) in [5.74, 6) is -0.440. The number of phenols is 1. The van der Waals surface area contributed by atoms with Gasteiger partial charge in [0.2, 0.25) is 0 Å². The van der Waals surface area contributed by atoms with E-state index in [2.05, 4.69) is 29.1 Å². The maximum Gasteiger partial charge on any atom is 0.416 e. The van der Waals surface area contributed by atoms with Gasteiger partial charge in [-0.3, -0.25) is 9.89 Å². The van der Waals surface area contributed by atoms with Crippen LogP contribution in [0.5, 0.6) is 5.75 Å². The van der Waals surface area contributed by atoms with Crippen LogP contribution in [0.15, 0.2) is 46.1 Å². The molecule has 1 saturated heterocycles. The number of nitrogens with one attached hydrogen (secondary N) is 1. The van der Waals surface area contributed by atoms with Crippen LogP contribution in [0.2, 0.25) is 0 Å². The van der Waals surface area contributed by atoms with Gasteiger partial charge in [-0.2, -0.15) is 13.2 Å². The number of aliphatic hydroxyl groups is 1. The Hall–Kier alpha value is -2.32. The third-order valence-corrected chi connectivity index (χ3v) is 7.52. The van der Waals surface area contributed by atoms with Gasteiger partial charge in [-0.15, -0.1) is 0 Å². The topological polar surface area (TPSA) is 68.1 Å². The zero-order valence-corrected chi connectivity index (χ0v) is 21.8. The number of piperidine rings is 1. The smallest absolute Gasteiger partial charge is 0.416 e. The van der Waals surface area contributed by atoms with Crippen LogP contribution in [0.25, 0.3) is 0 Å². The summed E-state index contributed by atoms with van der Waals surface area (Å²) in [6, 6.07) is 3.81. The summed E-state index contributed by atoms with van der Waals surface area (Å²) >= 11 is 0. The van der Waals surface area contributed by atoms with Gasteiger partial charge in [-0.05, 0) is 95.2 Å². The number of nitrogens with zero attached hydrogens (tertiary/aromatic N) is 2. The quantitative estimate of drug-likeness (QED) is 0.322. The average Bonchev–Trinajstić information content (AvgIpc) is 2.84. The standard InChI is InChI=1S/C28H40F3N3O2/c1-5-18(2)25(33-21-7-6-14-34(17-21)22-9-11-23(35)12-10-22)15-19(3)27(32-4)24-13-8-20(16-26(24)36)28(29,30)31/h8,13,15-16,21-23,33,35-36H,5-7,9-12,14,17H2,1-4H3/b19-15-,25-18-,32-27?. The number of hydrogen-bond donors (Lipinski definition) is 3. The molecular weight excluding hydrogens is 467 g/mol. The molecule has 1 atom stereocenters. The highest BCUT2D eigenvalue weighted by Gasteiger charge is 2.32. The Bertz CT molecular complexity index is 992. The van der Waals surface area contributed by atoms with E-state index in [9.17, 15) is 23.4 Å². The van der Waals surface area contributed by atoms with Crippen molar-refractivity contribution in [2.45, 2.75) is 90.1 Å². The molecule has 3 N–H and O–H groups in total. The Kier molecular flexibility index (Phi) is 9.64. The maximum atomic E-state index is 13.0. The highest BCUT2D eigenvalue weighted by atomic mass is 19.4. The second-order valence-electron chi connectivity index (χ2n) is 10.1. The molecule has 8 heteroatoms. The molecule has 0 amide bonds. The molecular formula is C28H40F3N3O2. The third kappa shape index (κ3) is 7.13. The average molecular weight is 508 g/mol. The summed E-state index contributed by atoms with van der Waals surface area (Å²) in [6.07, 6.45) is 4.16. The second kappa shape index (κ2) is 12.3. The first-order chi connectivity index (χ1) is 17.0. The van der Waals surface area contributed by atoms with Crippen LogP contribution in [-0.4, -0.2) is 59.1 Å². The van der Waals surface area contributed by atoms with E-state index in [1.807, 2.05) is 13.0 Å². The Morgan fingerprint density at radius 2 is 1.86 bits per heavy atom. The van der Waals surface area contributed by atoms with Gasteiger partial charge < -0.3 is 15.5 Å². The SMILES string of the molecule is CC/C(C)=C(/C=C(/C)C(=NC)c1ccc(C(F)(F)F)cc1O)NC1CCCN(C2CCC(O)CC2)C1. The molecule has 36 heavy (non-hydrogen) atoms. The van der Waals surface area contributed by atoms with Crippen molar-refractivity contribution >= 4 is 5.71 Å². The normalized spacial score (nSPS) is 25.5. The number of allylic oxidation sites excluding steroid dienone is 3.